The third kappa shape index (κ3) is 2.30. The predicted octanol–water partition coefficient (Wildman–Crippen LogP) is 3.14. The Bertz CT molecular complexity index is 1160. The Morgan fingerprint density at radius 1 is 1.25 bits per heavy atom. The quantitative estimate of drug-likeness (QED) is 0.710. The number of nitrogens with zero attached hydrogens (tertiary/aromatic N) is 3. The van der Waals surface area contributed by atoms with Crippen LogP contribution in [0.4, 0.5) is 5.82 Å². The lowest BCUT2D eigenvalue weighted by molar-refractivity contribution is 0.103. The maximum absolute atomic E-state index is 13.4. The highest BCUT2D eigenvalue weighted by Gasteiger charge is 2.40. The number of morpholine rings is 1. The third-order valence-electron chi connectivity index (χ3n) is 5.92. The van der Waals surface area contributed by atoms with Crippen molar-refractivity contribution in [2.45, 2.75) is 19.3 Å². The van der Waals surface area contributed by atoms with Gasteiger partial charge in [-0.1, -0.05) is 19.9 Å². The average molecular weight is 372 g/mol. The van der Waals surface area contributed by atoms with E-state index in [1.165, 1.54) is 0 Å². The highest BCUT2D eigenvalue weighted by Crippen LogP contribution is 2.44. The van der Waals surface area contributed by atoms with E-state index in [2.05, 4.69) is 34.8 Å². The van der Waals surface area contributed by atoms with Gasteiger partial charge < -0.3 is 14.6 Å². The first kappa shape index (κ1) is 17.0. The van der Waals surface area contributed by atoms with E-state index >= 15 is 0 Å². The van der Waals surface area contributed by atoms with E-state index in [1.54, 1.807) is 18.3 Å². The molecule has 6 nitrogen and oxygen atoms in total. The number of nitriles is 1. The number of ketones is 1. The molecule has 0 atom stereocenters. The number of aromatic amines is 1. The fraction of sp³-hybridized carbons (Fsp3) is 0.318. The minimum absolute atomic E-state index is 0.0127. The predicted molar refractivity (Wildman–Crippen MR) is 106 cm³/mol. The fourth-order valence-electron chi connectivity index (χ4n) is 4.35. The lowest BCUT2D eigenvalue weighted by Crippen LogP contribution is -2.37. The Morgan fingerprint density at radius 2 is 2.04 bits per heavy atom. The Labute approximate surface area is 162 Å². The normalized spacial score (nSPS) is 17.9. The second-order valence-corrected chi connectivity index (χ2v) is 7.89. The van der Waals surface area contributed by atoms with Crippen molar-refractivity contribution in [2.24, 2.45) is 0 Å². The van der Waals surface area contributed by atoms with Gasteiger partial charge in [0.05, 0.1) is 30.4 Å². The molecule has 0 bridgehead atoms. The zero-order valence-electron chi connectivity index (χ0n) is 15.9. The summed E-state index contributed by atoms with van der Waals surface area (Å²) in [7, 11) is 0. The van der Waals surface area contributed by atoms with Crippen LogP contribution in [-0.4, -0.2) is 42.1 Å². The number of aromatic nitrogens is 2. The summed E-state index contributed by atoms with van der Waals surface area (Å²) in [5.41, 5.74) is 4.24. The third-order valence-corrected chi connectivity index (χ3v) is 5.92. The van der Waals surface area contributed by atoms with E-state index in [9.17, 15) is 10.1 Å². The standard InChI is InChI=1S/C22H20N4O2/c1-22(2)16-10-18(26-5-7-28-8-6-26)24-12-15(16)20(27)19-14-4-3-13(11-23)9-17(14)25-21(19)22/h3-4,9-10,12,25H,5-8H2,1-2H3. The number of carbonyl (C=O) groups is 1. The average Bonchev–Trinajstić information content (AvgIpc) is 3.12. The molecular formula is C22H20N4O2. The van der Waals surface area contributed by atoms with E-state index in [-0.39, 0.29) is 11.2 Å². The fourth-order valence-corrected chi connectivity index (χ4v) is 4.35. The number of pyridine rings is 1. The van der Waals surface area contributed by atoms with Crippen molar-refractivity contribution in [3.63, 3.8) is 0 Å². The van der Waals surface area contributed by atoms with Crippen molar-refractivity contribution in [1.29, 1.82) is 5.26 Å². The van der Waals surface area contributed by atoms with E-state index in [1.807, 2.05) is 12.1 Å². The first-order chi connectivity index (χ1) is 13.5. The van der Waals surface area contributed by atoms with Crippen LogP contribution in [-0.2, 0) is 10.2 Å². The van der Waals surface area contributed by atoms with Crippen LogP contribution in [0.25, 0.3) is 10.9 Å². The summed E-state index contributed by atoms with van der Waals surface area (Å²) in [5.74, 6) is 0.871. The van der Waals surface area contributed by atoms with Gasteiger partial charge in [0.1, 0.15) is 5.82 Å². The van der Waals surface area contributed by atoms with E-state index in [4.69, 9.17) is 4.74 Å². The van der Waals surface area contributed by atoms with Crippen molar-refractivity contribution in [2.75, 3.05) is 31.2 Å². The van der Waals surface area contributed by atoms with Crippen molar-refractivity contribution in [3.05, 3.63) is 58.4 Å². The molecule has 6 heteroatoms. The van der Waals surface area contributed by atoms with Crippen LogP contribution in [0.2, 0.25) is 0 Å². The van der Waals surface area contributed by atoms with Crippen LogP contribution in [0, 0.1) is 11.3 Å². The number of benzene rings is 1. The molecule has 0 radical (unpaired) electrons. The van der Waals surface area contributed by atoms with E-state index in [0.717, 1.165) is 41.1 Å². The van der Waals surface area contributed by atoms with Gasteiger partial charge >= 0.3 is 0 Å². The molecule has 1 saturated heterocycles. The molecule has 1 N–H and O–H groups in total. The zero-order chi connectivity index (χ0) is 19.5. The number of nitrogens with one attached hydrogen (secondary N) is 1. The highest BCUT2D eigenvalue weighted by molar-refractivity contribution is 6.20. The van der Waals surface area contributed by atoms with Gasteiger partial charge in [0.25, 0.3) is 0 Å². The molecule has 3 aromatic rings. The number of rotatable bonds is 1. The monoisotopic (exact) mass is 372 g/mol. The van der Waals surface area contributed by atoms with Crippen molar-refractivity contribution >= 4 is 22.5 Å². The molecule has 28 heavy (non-hydrogen) atoms. The van der Waals surface area contributed by atoms with E-state index < -0.39 is 0 Å². The van der Waals surface area contributed by atoms with Gasteiger partial charge in [-0.3, -0.25) is 4.79 Å². The van der Waals surface area contributed by atoms with Crippen molar-refractivity contribution in [1.82, 2.24) is 9.97 Å². The van der Waals surface area contributed by atoms with Gasteiger partial charge in [-0.15, -0.1) is 0 Å². The van der Waals surface area contributed by atoms with Gasteiger partial charge in [-0.25, -0.2) is 4.98 Å². The number of hydrogen-bond donors (Lipinski definition) is 1. The molecular weight excluding hydrogens is 352 g/mol. The SMILES string of the molecule is CC1(C)c2cc(N3CCOCC3)ncc2C(=O)c2c1[nH]c1cc(C#N)ccc21. The summed E-state index contributed by atoms with van der Waals surface area (Å²) in [6.07, 6.45) is 1.72. The van der Waals surface area contributed by atoms with Crippen LogP contribution < -0.4 is 4.90 Å². The van der Waals surface area contributed by atoms with Gasteiger partial charge in [0, 0.05) is 46.9 Å². The Hall–Kier alpha value is -3.17. The van der Waals surface area contributed by atoms with Gasteiger partial charge in [0.2, 0.25) is 0 Å². The number of carbonyl (C=O) groups excluding carboxylic acids is 1. The minimum atomic E-state index is -0.381. The molecule has 1 aliphatic heterocycles. The highest BCUT2D eigenvalue weighted by atomic mass is 16.5. The molecule has 5 rings (SSSR count). The molecule has 1 aliphatic carbocycles. The topological polar surface area (TPSA) is 82.0 Å². The number of ether oxygens (including phenoxy) is 1. The van der Waals surface area contributed by atoms with Crippen molar-refractivity contribution < 1.29 is 9.53 Å². The Balaban J connectivity index is 1.69. The molecule has 0 spiro atoms. The summed E-state index contributed by atoms with van der Waals surface area (Å²) < 4.78 is 5.44. The van der Waals surface area contributed by atoms with Crippen LogP contribution >= 0.6 is 0 Å². The largest absolute Gasteiger partial charge is 0.378 e. The molecule has 0 amide bonds. The van der Waals surface area contributed by atoms with Crippen LogP contribution in [0.5, 0.6) is 0 Å². The van der Waals surface area contributed by atoms with Crippen LogP contribution in [0.1, 0.15) is 46.6 Å². The lowest BCUT2D eigenvalue weighted by atomic mass is 9.72. The van der Waals surface area contributed by atoms with Gasteiger partial charge in [-0.2, -0.15) is 5.26 Å². The molecule has 0 saturated carbocycles. The molecule has 1 aromatic carbocycles. The molecule has 3 heterocycles. The first-order valence-corrected chi connectivity index (χ1v) is 9.45. The van der Waals surface area contributed by atoms with Crippen LogP contribution in [0.15, 0.2) is 30.5 Å². The molecule has 1 fully saturated rings. The molecule has 2 aliphatic rings. The minimum Gasteiger partial charge on any atom is -0.378 e. The Kier molecular flexibility index (Phi) is 3.58. The Morgan fingerprint density at radius 3 is 2.79 bits per heavy atom. The number of hydrogen-bond acceptors (Lipinski definition) is 5. The van der Waals surface area contributed by atoms with Crippen molar-refractivity contribution in [3.8, 4) is 6.07 Å². The first-order valence-electron chi connectivity index (χ1n) is 9.45. The number of anilines is 1. The molecule has 0 unspecified atom stereocenters. The zero-order valence-corrected chi connectivity index (χ0v) is 15.9. The maximum Gasteiger partial charge on any atom is 0.197 e. The van der Waals surface area contributed by atoms with Gasteiger partial charge in [-0.05, 0) is 23.8 Å². The second-order valence-electron chi connectivity index (χ2n) is 7.89. The second kappa shape index (κ2) is 5.91. The summed E-state index contributed by atoms with van der Waals surface area (Å²) in [6, 6.07) is 9.63. The van der Waals surface area contributed by atoms with Crippen LogP contribution in [0.3, 0.4) is 0 Å². The summed E-state index contributed by atoms with van der Waals surface area (Å²) in [4.78, 5) is 23.6. The van der Waals surface area contributed by atoms with Gasteiger partial charge in [0.15, 0.2) is 5.78 Å². The number of fused-ring (bicyclic) bond motifs is 4. The number of H-pyrrole nitrogens is 1. The van der Waals surface area contributed by atoms with E-state index in [0.29, 0.717) is 29.9 Å². The summed E-state index contributed by atoms with van der Waals surface area (Å²) in [6.45, 7) is 7.23. The maximum atomic E-state index is 13.4. The lowest BCUT2D eigenvalue weighted by Gasteiger charge is -2.34. The molecule has 140 valence electrons. The summed E-state index contributed by atoms with van der Waals surface area (Å²) in [5, 5.41) is 10.1. The smallest absolute Gasteiger partial charge is 0.197 e. The molecule has 2 aromatic heterocycles. The summed E-state index contributed by atoms with van der Waals surface area (Å²) >= 11 is 0.